The van der Waals surface area contributed by atoms with E-state index < -0.39 is 12.1 Å². The van der Waals surface area contributed by atoms with Gasteiger partial charge in [0.15, 0.2) is 0 Å². The standard InChI is InChI=1S/C68H131NO5/c1-3-5-7-9-11-13-15-17-19-21-23-24-25-26-28-32-36-40-44-48-52-56-60-66(71)65(64-70)69-67(72)61-57-53-49-45-41-37-33-29-27-31-35-39-43-47-51-55-59-63-74-68(73)62-58-54-50-46-42-38-34-30-22-20-18-16-14-12-10-8-6-4-2/h14,16,20,22,65-66,70-71H,3-13,15,17-19,21,23-64H2,1-2H3,(H,69,72)/b16-14-,22-20-. The Morgan fingerprint density at radius 1 is 0.378 bits per heavy atom. The maximum atomic E-state index is 12.5. The molecular weight excluding hydrogens is 911 g/mol. The first-order valence-corrected chi connectivity index (χ1v) is 33.6. The number of carbonyl (C=O) groups excluding carboxylic acids is 2. The molecule has 0 saturated carbocycles. The Hall–Kier alpha value is -1.66. The van der Waals surface area contributed by atoms with Crippen LogP contribution in [0.2, 0.25) is 0 Å². The summed E-state index contributed by atoms with van der Waals surface area (Å²) in [4.78, 5) is 24.6. The maximum Gasteiger partial charge on any atom is 0.305 e. The van der Waals surface area contributed by atoms with Gasteiger partial charge >= 0.3 is 5.97 Å². The fourth-order valence-electron chi connectivity index (χ4n) is 10.6. The maximum absolute atomic E-state index is 12.5. The van der Waals surface area contributed by atoms with Gasteiger partial charge < -0.3 is 20.3 Å². The van der Waals surface area contributed by atoms with E-state index in [0.29, 0.717) is 25.9 Å². The van der Waals surface area contributed by atoms with Gasteiger partial charge in [-0.25, -0.2) is 0 Å². The number of hydrogen-bond acceptors (Lipinski definition) is 5. The van der Waals surface area contributed by atoms with Crippen LogP contribution < -0.4 is 5.32 Å². The summed E-state index contributed by atoms with van der Waals surface area (Å²) in [5, 5.41) is 23.4. The summed E-state index contributed by atoms with van der Waals surface area (Å²) >= 11 is 0. The van der Waals surface area contributed by atoms with E-state index in [1.807, 2.05) is 0 Å². The number of unbranched alkanes of at least 4 members (excludes halogenated alkanes) is 48. The molecule has 0 aliphatic carbocycles. The molecule has 0 aliphatic heterocycles. The Morgan fingerprint density at radius 3 is 1.04 bits per heavy atom. The predicted octanol–water partition coefficient (Wildman–Crippen LogP) is 21.4. The monoisotopic (exact) mass is 1040 g/mol. The summed E-state index contributed by atoms with van der Waals surface area (Å²) in [6.45, 7) is 4.96. The molecular formula is C68H131NO5. The first-order chi connectivity index (χ1) is 36.5. The molecule has 2 atom stereocenters. The van der Waals surface area contributed by atoms with E-state index in [9.17, 15) is 19.8 Å². The summed E-state index contributed by atoms with van der Waals surface area (Å²) in [6.07, 6.45) is 79.1. The quantitative estimate of drug-likeness (QED) is 0.0320. The second-order valence-electron chi connectivity index (χ2n) is 23.2. The SMILES string of the molecule is CCCCCC/C=C\C/C=C\CCCCCCCCCC(=O)OCCCCCCCCCCCCCCCCCCCC(=O)NC(CO)C(O)CCCCCCCCCCCCCCCCCCCCCCCC. The number of aliphatic hydroxyl groups excluding tert-OH is 2. The molecule has 3 N–H and O–H groups in total. The summed E-state index contributed by atoms with van der Waals surface area (Å²) < 4.78 is 5.49. The van der Waals surface area contributed by atoms with Crippen LogP contribution in [0.1, 0.15) is 373 Å². The number of nitrogens with one attached hydrogen (secondary N) is 1. The van der Waals surface area contributed by atoms with Crippen LogP contribution >= 0.6 is 0 Å². The van der Waals surface area contributed by atoms with Gasteiger partial charge in [-0.15, -0.1) is 0 Å². The highest BCUT2D eigenvalue weighted by molar-refractivity contribution is 5.76. The molecule has 0 radical (unpaired) electrons. The first kappa shape index (κ1) is 72.3. The number of esters is 1. The van der Waals surface area contributed by atoms with Crippen molar-refractivity contribution in [1.29, 1.82) is 0 Å². The van der Waals surface area contributed by atoms with Crippen LogP contribution in [0, 0.1) is 0 Å². The van der Waals surface area contributed by atoms with Gasteiger partial charge in [-0.1, -0.05) is 327 Å². The second kappa shape index (κ2) is 63.9. The van der Waals surface area contributed by atoms with Crippen LogP contribution in [0.25, 0.3) is 0 Å². The molecule has 0 heterocycles. The fraction of sp³-hybridized carbons (Fsp3) is 0.912. The zero-order valence-corrected chi connectivity index (χ0v) is 50.1. The largest absolute Gasteiger partial charge is 0.466 e. The number of amides is 1. The van der Waals surface area contributed by atoms with E-state index >= 15 is 0 Å². The molecule has 6 nitrogen and oxygen atoms in total. The number of ether oxygens (including phenoxy) is 1. The van der Waals surface area contributed by atoms with Crippen molar-refractivity contribution in [2.75, 3.05) is 13.2 Å². The van der Waals surface area contributed by atoms with Crippen molar-refractivity contribution in [3.05, 3.63) is 24.3 Å². The van der Waals surface area contributed by atoms with Crippen LogP contribution in [0.5, 0.6) is 0 Å². The lowest BCUT2D eigenvalue weighted by molar-refractivity contribution is -0.143. The summed E-state index contributed by atoms with van der Waals surface area (Å²) in [7, 11) is 0. The van der Waals surface area contributed by atoms with Crippen molar-refractivity contribution in [3.63, 3.8) is 0 Å². The van der Waals surface area contributed by atoms with Crippen molar-refractivity contribution in [1.82, 2.24) is 5.32 Å². The third kappa shape index (κ3) is 59.6. The molecule has 0 aromatic heterocycles. The second-order valence-corrected chi connectivity index (χ2v) is 23.2. The minimum atomic E-state index is -0.669. The molecule has 0 saturated heterocycles. The van der Waals surface area contributed by atoms with Crippen molar-refractivity contribution >= 4 is 11.9 Å². The molecule has 0 aliphatic rings. The van der Waals surface area contributed by atoms with Crippen LogP contribution in [0.4, 0.5) is 0 Å². The van der Waals surface area contributed by atoms with Gasteiger partial charge in [-0.05, 0) is 57.8 Å². The Labute approximate surface area is 462 Å². The van der Waals surface area contributed by atoms with Gasteiger partial charge in [0.2, 0.25) is 5.91 Å². The Balaban J connectivity index is 3.41. The minimum absolute atomic E-state index is 0.000840. The van der Waals surface area contributed by atoms with Crippen molar-refractivity contribution in [2.24, 2.45) is 0 Å². The van der Waals surface area contributed by atoms with E-state index in [1.54, 1.807) is 0 Å². The van der Waals surface area contributed by atoms with Crippen LogP contribution in [-0.4, -0.2) is 47.4 Å². The van der Waals surface area contributed by atoms with Gasteiger partial charge in [0.25, 0.3) is 0 Å². The average Bonchev–Trinajstić information content (AvgIpc) is 3.40. The average molecular weight is 1040 g/mol. The molecule has 1 amide bonds. The first-order valence-electron chi connectivity index (χ1n) is 33.6. The normalized spacial score (nSPS) is 12.6. The predicted molar refractivity (Wildman–Crippen MR) is 324 cm³/mol. The van der Waals surface area contributed by atoms with Gasteiger partial charge in [-0.2, -0.15) is 0 Å². The van der Waals surface area contributed by atoms with E-state index in [2.05, 4.69) is 43.5 Å². The van der Waals surface area contributed by atoms with Gasteiger partial charge in [0.1, 0.15) is 0 Å². The Bertz CT molecular complexity index is 1150. The third-order valence-corrected chi connectivity index (χ3v) is 15.8. The summed E-state index contributed by atoms with van der Waals surface area (Å²) in [5.74, 6) is -0.0372. The lowest BCUT2D eigenvalue weighted by Crippen LogP contribution is -2.45. The molecule has 6 heteroatoms. The van der Waals surface area contributed by atoms with Gasteiger partial charge in [0.05, 0.1) is 25.4 Å². The molecule has 0 aromatic carbocycles. The Kier molecular flexibility index (Phi) is 62.4. The van der Waals surface area contributed by atoms with Gasteiger partial charge in [-0.3, -0.25) is 9.59 Å². The number of allylic oxidation sites excluding steroid dienone is 4. The highest BCUT2D eigenvalue weighted by Crippen LogP contribution is 2.19. The van der Waals surface area contributed by atoms with E-state index in [0.717, 1.165) is 51.4 Å². The number of hydrogen-bond donors (Lipinski definition) is 3. The summed E-state index contributed by atoms with van der Waals surface area (Å²) in [5.41, 5.74) is 0. The van der Waals surface area contributed by atoms with Crippen LogP contribution in [-0.2, 0) is 14.3 Å². The minimum Gasteiger partial charge on any atom is -0.466 e. The third-order valence-electron chi connectivity index (χ3n) is 15.8. The molecule has 0 spiro atoms. The molecule has 74 heavy (non-hydrogen) atoms. The van der Waals surface area contributed by atoms with Gasteiger partial charge in [0, 0.05) is 12.8 Å². The van der Waals surface area contributed by atoms with Crippen molar-refractivity contribution in [2.45, 2.75) is 386 Å². The van der Waals surface area contributed by atoms with Crippen LogP contribution in [0.15, 0.2) is 24.3 Å². The molecule has 438 valence electrons. The van der Waals surface area contributed by atoms with E-state index in [1.165, 1.54) is 289 Å². The smallest absolute Gasteiger partial charge is 0.305 e. The lowest BCUT2D eigenvalue weighted by Gasteiger charge is -2.22. The van der Waals surface area contributed by atoms with E-state index in [4.69, 9.17) is 4.74 Å². The number of rotatable bonds is 63. The zero-order chi connectivity index (χ0) is 53.6. The number of carbonyl (C=O) groups is 2. The molecule has 0 rings (SSSR count). The highest BCUT2D eigenvalue weighted by Gasteiger charge is 2.20. The highest BCUT2D eigenvalue weighted by atomic mass is 16.5. The van der Waals surface area contributed by atoms with Crippen LogP contribution in [0.3, 0.4) is 0 Å². The lowest BCUT2D eigenvalue weighted by atomic mass is 10.0. The molecule has 0 bridgehead atoms. The van der Waals surface area contributed by atoms with Crippen molar-refractivity contribution < 1.29 is 24.5 Å². The topological polar surface area (TPSA) is 95.9 Å². The van der Waals surface area contributed by atoms with Crippen molar-refractivity contribution in [3.8, 4) is 0 Å². The molecule has 0 fully saturated rings. The zero-order valence-electron chi connectivity index (χ0n) is 50.1. The molecule has 2 unspecified atom stereocenters. The Morgan fingerprint density at radius 2 is 0.676 bits per heavy atom. The molecule has 0 aromatic rings. The number of aliphatic hydroxyl groups is 2. The fourth-order valence-corrected chi connectivity index (χ4v) is 10.6. The summed E-state index contributed by atoms with van der Waals surface area (Å²) in [6, 6.07) is -0.547. The van der Waals surface area contributed by atoms with E-state index in [-0.39, 0.29) is 18.5 Å².